The summed E-state index contributed by atoms with van der Waals surface area (Å²) in [5.74, 6) is -0.758. The molecule has 1 aromatic heterocycles. The molecule has 2 heterocycles. The summed E-state index contributed by atoms with van der Waals surface area (Å²) in [7, 11) is 0. The van der Waals surface area contributed by atoms with Crippen molar-refractivity contribution in [1.29, 1.82) is 0 Å². The molecule has 1 fully saturated rings. The van der Waals surface area contributed by atoms with Crippen LogP contribution in [0.4, 0.5) is 9.18 Å². The van der Waals surface area contributed by atoms with Crippen molar-refractivity contribution in [3.63, 3.8) is 0 Å². The minimum absolute atomic E-state index is 0.356. The highest BCUT2D eigenvalue weighted by Gasteiger charge is 2.32. The molecule has 1 atom stereocenters. The normalized spacial score (nSPS) is 19.5. The van der Waals surface area contributed by atoms with Crippen molar-refractivity contribution >= 4 is 22.8 Å². The Hall–Kier alpha value is -2.37. The van der Waals surface area contributed by atoms with Crippen LogP contribution in [0.15, 0.2) is 24.4 Å². The van der Waals surface area contributed by atoms with Gasteiger partial charge in [-0.15, -0.1) is 0 Å². The van der Waals surface area contributed by atoms with Crippen LogP contribution >= 0.6 is 0 Å². The van der Waals surface area contributed by atoms with Crippen LogP contribution in [0.3, 0.4) is 0 Å². The fourth-order valence-corrected chi connectivity index (χ4v) is 2.00. The Morgan fingerprint density at radius 2 is 2.06 bits per heavy atom. The summed E-state index contributed by atoms with van der Waals surface area (Å²) in [5, 5.41) is 5.37. The zero-order chi connectivity index (χ0) is 12.0. The van der Waals surface area contributed by atoms with Crippen molar-refractivity contribution in [2.24, 2.45) is 0 Å². The third-order valence-corrected chi connectivity index (χ3v) is 2.76. The summed E-state index contributed by atoms with van der Waals surface area (Å²) in [6.45, 7) is 0. The molecule has 1 aliphatic rings. The summed E-state index contributed by atoms with van der Waals surface area (Å²) in [6, 6.07) is 2.99. The van der Waals surface area contributed by atoms with Gasteiger partial charge in [0, 0.05) is 22.7 Å². The first-order valence-electron chi connectivity index (χ1n) is 5.03. The zero-order valence-corrected chi connectivity index (χ0v) is 8.58. The van der Waals surface area contributed by atoms with E-state index in [1.165, 1.54) is 12.1 Å². The van der Waals surface area contributed by atoms with Crippen molar-refractivity contribution in [3.05, 3.63) is 35.8 Å². The van der Waals surface area contributed by atoms with Crippen molar-refractivity contribution in [3.8, 4) is 0 Å². The average molecular weight is 233 g/mol. The van der Waals surface area contributed by atoms with Crippen molar-refractivity contribution in [2.75, 3.05) is 0 Å². The van der Waals surface area contributed by atoms with Crippen LogP contribution < -0.4 is 10.6 Å². The first kappa shape index (κ1) is 9.83. The van der Waals surface area contributed by atoms with E-state index in [4.69, 9.17) is 0 Å². The van der Waals surface area contributed by atoms with Gasteiger partial charge in [-0.25, -0.2) is 9.18 Å². The molecule has 6 heteroatoms. The monoisotopic (exact) mass is 233 g/mol. The Bertz CT molecular complexity index is 635. The number of imide groups is 1. The molecule has 2 aromatic rings. The lowest BCUT2D eigenvalue weighted by Gasteiger charge is -2.04. The highest BCUT2D eigenvalue weighted by Crippen LogP contribution is 2.26. The van der Waals surface area contributed by atoms with Gasteiger partial charge >= 0.3 is 6.03 Å². The molecule has 5 nitrogen and oxygen atoms in total. The number of rotatable bonds is 1. The summed E-state index contributed by atoms with van der Waals surface area (Å²) >= 11 is 0. The second-order valence-corrected chi connectivity index (χ2v) is 3.83. The van der Waals surface area contributed by atoms with Gasteiger partial charge in [-0.3, -0.25) is 10.1 Å². The lowest BCUT2D eigenvalue weighted by molar-refractivity contribution is -0.120. The number of carbonyl (C=O) groups excluding carboxylic acids is 2. The molecule has 3 N–H and O–H groups in total. The molecule has 0 spiro atoms. The van der Waals surface area contributed by atoms with E-state index in [-0.39, 0.29) is 5.82 Å². The fraction of sp³-hybridized carbons (Fsp3) is 0.0909. The van der Waals surface area contributed by atoms with Crippen molar-refractivity contribution in [2.45, 2.75) is 6.04 Å². The van der Waals surface area contributed by atoms with Crippen molar-refractivity contribution in [1.82, 2.24) is 15.6 Å². The second-order valence-electron chi connectivity index (χ2n) is 3.83. The maximum atomic E-state index is 13.0. The number of hydrogen-bond acceptors (Lipinski definition) is 2. The first-order chi connectivity index (χ1) is 8.15. The van der Waals surface area contributed by atoms with Crippen LogP contribution in [-0.4, -0.2) is 16.9 Å². The molecule has 3 amide bonds. The quantitative estimate of drug-likeness (QED) is 0.647. The van der Waals surface area contributed by atoms with Gasteiger partial charge in [-0.05, 0) is 18.2 Å². The van der Waals surface area contributed by atoms with E-state index < -0.39 is 18.0 Å². The van der Waals surface area contributed by atoms with Crippen LogP contribution in [0.5, 0.6) is 0 Å². The number of aromatic amines is 1. The highest BCUT2D eigenvalue weighted by atomic mass is 19.1. The predicted molar refractivity (Wildman–Crippen MR) is 57.7 cm³/mol. The highest BCUT2D eigenvalue weighted by molar-refractivity contribution is 6.06. The standard InChI is InChI=1S/C11H8FN3O2/c12-5-1-2-6-7(4-13-8(6)3-5)9-10(16)15-11(17)14-9/h1-4,9,13H,(H2,14,15,16,17)/t9-/m1/s1. The Morgan fingerprint density at radius 3 is 2.76 bits per heavy atom. The van der Waals surface area contributed by atoms with Crippen LogP contribution in [0, 0.1) is 5.82 Å². The molecule has 1 aliphatic heterocycles. The number of benzene rings is 1. The Labute approximate surface area is 95.0 Å². The Morgan fingerprint density at radius 1 is 1.24 bits per heavy atom. The maximum Gasteiger partial charge on any atom is 0.322 e. The molecule has 3 rings (SSSR count). The lowest BCUT2D eigenvalue weighted by Crippen LogP contribution is -2.22. The number of hydrogen-bond donors (Lipinski definition) is 3. The van der Waals surface area contributed by atoms with E-state index in [0.717, 1.165) is 0 Å². The third-order valence-electron chi connectivity index (χ3n) is 2.76. The lowest BCUT2D eigenvalue weighted by atomic mass is 10.1. The van der Waals surface area contributed by atoms with Gasteiger partial charge < -0.3 is 10.3 Å². The number of fused-ring (bicyclic) bond motifs is 1. The molecule has 1 aromatic carbocycles. The molecule has 0 radical (unpaired) electrons. The number of nitrogens with one attached hydrogen (secondary N) is 3. The molecule has 0 saturated carbocycles. The smallest absolute Gasteiger partial charge is 0.322 e. The maximum absolute atomic E-state index is 13.0. The second kappa shape index (κ2) is 3.31. The number of amides is 3. The van der Waals surface area contributed by atoms with E-state index in [0.29, 0.717) is 16.5 Å². The van der Waals surface area contributed by atoms with Crippen LogP contribution in [0.25, 0.3) is 10.9 Å². The minimum Gasteiger partial charge on any atom is -0.361 e. The fourth-order valence-electron chi connectivity index (χ4n) is 2.00. The van der Waals surface area contributed by atoms with Crippen LogP contribution in [-0.2, 0) is 4.79 Å². The number of urea groups is 1. The number of H-pyrrole nitrogens is 1. The molecule has 0 unspecified atom stereocenters. The van der Waals surface area contributed by atoms with Gasteiger partial charge in [0.1, 0.15) is 11.9 Å². The van der Waals surface area contributed by atoms with Gasteiger partial charge in [-0.2, -0.15) is 0 Å². The Kier molecular flexibility index (Phi) is 1.91. The van der Waals surface area contributed by atoms with Crippen LogP contribution in [0.1, 0.15) is 11.6 Å². The predicted octanol–water partition coefficient (Wildman–Crippen LogP) is 1.19. The molecular weight excluding hydrogens is 225 g/mol. The number of aromatic nitrogens is 1. The molecule has 17 heavy (non-hydrogen) atoms. The van der Waals surface area contributed by atoms with Gasteiger partial charge in [0.2, 0.25) is 0 Å². The van der Waals surface area contributed by atoms with E-state index in [1.807, 2.05) is 0 Å². The van der Waals surface area contributed by atoms with E-state index in [1.54, 1.807) is 12.3 Å². The van der Waals surface area contributed by atoms with Gasteiger partial charge in [0.05, 0.1) is 0 Å². The van der Waals surface area contributed by atoms with E-state index in [2.05, 4.69) is 15.6 Å². The summed E-state index contributed by atoms with van der Waals surface area (Å²) in [5.41, 5.74) is 1.22. The molecule has 0 bridgehead atoms. The molecule has 0 aliphatic carbocycles. The van der Waals surface area contributed by atoms with Gasteiger partial charge in [-0.1, -0.05) is 0 Å². The zero-order valence-electron chi connectivity index (χ0n) is 8.58. The molecular formula is C11H8FN3O2. The molecule has 86 valence electrons. The minimum atomic E-state index is -0.721. The summed E-state index contributed by atoms with van der Waals surface area (Å²) in [4.78, 5) is 25.4. The summed E-state index contributed by atoms with van der Waals surface area (Å²) in [6.07, 6.45) is 1.60. The topological polar surface area (TPSA) is 74.0 Å². The SMILES string of the molecule is O=C1NC(=O)[C@@H](c2c[nH]c3cc(F)ccc23)N1. The molecule has 1 saturated heterocycles. The number of halogens is 1. The van der Waals surface area contributed by atoms with Crippen molar-refractivity contribution < 1.29 is 14.0 Å². The third kappa shape index (κ3) is 1.45. The summed E-state index contributed by atoms with van der Waals surface area (Å²) < 4.78 is 13.0. The van der Waals surface area contributed by atoms with E-state index >= 15 is 0 Å². The number of carbonyl (C=O) groups is 2. The Balaban J connectivity index is 2.12. The van der Waals surface area contributed by atoms with Crippen LogP contribution in [0.2, 0.25) is 0 Å². The van der Waals surface area contributed by atoms with Gasteiger partial charge in [0.25, 0.3) is 5.91 Å². The average Bonchev–Trinajstić information content (AvgIpc) is 2.81. The van der Waals surface area contributed by atoms with Gasteiger partial charge in [0.15, 0.2) is 0 Å². The van der Waals surface area contributed by atoms with E-state index in [9.17, 15) is 14.0 Å². The largest absolute Gasteiger partial charge is 0.361 e. The first-order valence-corrected chi connectivity index (χ1v) is 5.03.